The summed E-state index contributed by atoms with van der Waals surface area (Å²) in [5.41, 5.74) is -1.10. The first kappa shape index (κ1) is 23.4. The number of ether oxygens (including phenoxy) is 3. The zero-order chi connectivity index (χ0) is 23.1. The Kier molecular flexibility index (Phi) is 7.57. The fourth-order valence-corrected chi connectivity index (χ4v) is 3.17. The molecule has 1 unspecified atom stereocenters. The van der Waals surface area contributed by atoms with Crippen LogP contribution in [0.2, 0.25) is 0 Å². The van der Waals surface area contributed by atoms with Gasteiger partial charge in [0.2, 0.25) is 5.91 Å². The van der Waals surface area contributed by atoms with Gasteiger partial charge in [-0.2, -0.15) is 13.2 Å². The number of nitrogens with zero attached hydrogens (tertiary/aromatic N) is 1. The third kappa shape index (κ3) is 6.13. The molecule has 1 fully saturated rings. The second kappa shape index (κ2) is 10.4. The lowest BCUT2D eigenvalue weighted by Crippen LogP contribution is -2.50. The summed E-state index contributed by atoms with van der Waals surface area (Å²) in [7, 11) is 1.54. The molecule has 172 valence electrons. The van der Waals surface area contributed by atoms with Crippen LogP contribution in [0.15, 0.2) is 48.5 Å². The van der Waals surface area contributed by atoms with Crippen molar-refractivity contribution in [3.05, 3.63) is 59.7 Å². The molecule has 3 rings (SSSR count). The number of morpholine rings is 1. The van der Waals surface area contributed by atoms with Gasteiger partial charge in [0.25, 0.3) is 5.91 Å². The summed E-state index contributed by atoms with van der Waals surface area (Å²) in [6.45, 7) is 0.750. The van der Waals surface area contributed by atoms with Crippen molar-refractivity contribution in [1.82, 2.24) is 10.2 Å². The van der Waals surface area contributed by atoms with Crippen molar-refractivity contribution in [1.29, 1.82) is 0 Å². The van der Waals surface area contributed by atoms with Crippen LogP contribution in [0.25, 0.3) is 0 Å². The van der Waals surface area contributed by atoms with Crippen molar-refractivity contribution in [3.8, 4) is 11.5 Å². The average molecular weight is 452 g/mol. The lowest BCUT2D eigenvalue weighted by atomic mass is 10.1. The molecule has 32 heavy (non-hydrogen) atoms. The monoisotopic (exact) mass is 452 g/mol. The van der Waals surface area contributed by atoms with Crippen molar-refractivity contribution in [2.24, 2.45) is 0 Å². The zero-order valence-electron chi connectivity index (χ0n) is 17.4. The number of halogens is 3. The highest BCUT2D eigenvalue weighted by Gasteiger charge is 2.31. The first-order valence-electron chi connectivity index (χ1n) is 9.88. The maximum atomic E-state index is 12.8. The number of hydrogen-bond acceptors (Lipinski definition) is 5. The molecule has 2 amide bonds. The van der Waals surface area contributed by atoms with Gasteiger partial charge in [-0.05, 0) is 30.3 Å². The van der Waals surface area contributed by atoms with E-state index in [2.05, 4.69) is 5.32 Å². The van der Waals surface area contributed by atoms with Gasteiger partial charge in [-0.25, -0.2) is 0 Å². The number of rotatable bonds is 7. The van der Waals surface area contributed by atoms with Gasteiger partial charge >= 0.3 is 6.18 Å². The second-order valence-corrected chi connectivity index (χ2v) is 7.06. The lowest BCUT2D eigenvalue weighted by Gasteiger charge is -2.33. The molecule has 0 radical (unpaired) electrons. The second-order valence-electron chi connectivity index (χ2n) is 7.06. The van der Waals surface area contributed by atoms with E-state index in [1.165, 1.54) is 18.1 Å². The summed E-state index contributed by atoms with van der Waals surface area (Å²) in [5.74, 6) is 0.00799. The van der Waals surface area contributed by atoms with Crippen LogP contribution in [0.4, 0.5) is 13.2 Å². The highest BCUT2D eigenvalue weighted by molar-refractivity contribution is 5.96. The van der Waals surface area contributed by atoms with Gasteiger partial charge < -0.3 is 24.4 Å². The Hall–Kier alpha value is -3.27. The summed E-state index contributed by atoms with van der Waals surface area (Å²) in [6.07, 6.45) is -4.93. The molecule has 1 atom stereocenters. The Labute approximate surface area is 183 Å². The van der Waals surface area contributed by atoms with E-state index < -0.39 is 17.6 Å². The third-order valence-corrected chi connectivity index (χ3v) is 4.84. The number of amides is 2. The largest absolute Gasteiger partial charge is 0.493 e. The van der Waals surface area contributed by atoms with E-state index in [0.717, 1.165) is 18.2 Å². The normalized spacial score (nSPS) is 16.4. The molecule has 1 aliphatic heterocycles. The van der Waals surface area contributed by atoms with Crippen LogP contribution in [0, 0.1) is 0 Å². The minimum atomic E-state index is -4.55. The Morgan fingerprint density at radius 3 is 2.62 bits per heavy atom. The predicted molar refractivity (Wildman–Crippen MR) is 109 cm³/mol. The molecule has 1 aliphatic rings. The highest BCUT2D eigenvalue weighted by atomic mass is 19.4. The van der Waals surface area contributed by atoms with Crippen LogP contribution >= 0.6 is 0 Å². The van der Waals surface area contributed by atoms with E-state index in [9.17, 15) is 22.8 Å². The smallest absolute Gasteiger partial charge is 0.416 e. The number of benzene rings is 2. The SMILES string of the molecule is COc1ccccc1OCC1CN(C(=O)CNC(=O)c2cccc(C(F)(F)F)c2)CCO1. The predicted octanol–water partition coefficient (Wildman–Crippen LogP) is 2.75. The first-order valence-corrected chi connectivity index (χ1v) is 9.88. The van der Waals surface area contributed by atoms with Crippen molar-refractivity contribution in [2.75, 3.05) is 40.0 Å². The number of methoxy groups -OCH3 is 1. The van der Waals surface area contributed by atoms with Crippen LogP contribution in [0.3, 0.4) is 0 Å². The first-order chi connectivity index (χ1) is 15.3. The summed E-state index contributed by atoms with van der Waals surface area (Å²) in [5, 5.41) is 2.38. The quantitative estimate of drug-likeness (QED) is 0.699. The average Bonchev–Trinajstić information content (AvgIpc) is 2.80. The molecule has 0 spiro atoms. The maximum Gasteiger partial charge on any atom is 0.416 e. The Balaban J connectivity index is 1.50. The summed E-state index contributed by atoms with van der Waals surface area (Å²) >= 11 is 0. The molecule has 0 saturated carbocycles. The fraction of sp³-hybridized carbons (Fsp3) is 0.364. The highest BCUT2D eigenvalue weighted by Crippen LogP contribution is 2.29. The molecule has 0 aromatic heterocycles. The molecule has 0 aliphatic carbocycles. The molecular formula is C22H23F3N2O5. The molecule has 2 aromatic rings. The van der Waals surface area contributed by atoms with Crippen LogP contribution in [0.5, 0.6) is 11.5 Å². The van der Waals surface area contributed by atoms with Crippen LogP contribution in [0.1, 0.15) is 15.9 Å². The van der Waals surface area contributed by atoms with E-state index in [1.54, 1.807) is 12.1 Å². The number of hydrogen-bond donors (Lipinski definition) is 1. The van der Waals surface area contributed by atoms with Gasteiger partial charge in [0.05, 0.1) is 32.4 Å². The fourth-order valence-electron chi connectivity index (χ4n) is 3.17. The summed E-state index contributed by atoms with van der Waals surface area (Å²) < 4.78 is 55.1. The molecule has 2 aromatic carbocycles. The number of carbonyl (C=O) groups is 2. The van der Waals surface area contributed by atoms with Gasteiger partial charge in [-0.15, -0.1) is 0 Å². The zero-order valence-corrected chi connectivity index (χ0v) is 17.4. The van der Waals surface area contributed by atoms with Crippen LogP contribution in [-0.2, 0) is 15.7 Å². The molecule has 0 bridgehead atoms. The summed E-state index contributed by atoms with van der Waals surface area (Å²) in [4.78, 5) is 26.2. The van der Waals surface area contributed by atoms with E-state index >= 15 is 0 Å². The van der Waals surface area contributed by atoms with Crippen molar-refractivity contribution in [3.63, 3.8) is 0 Å². The standard InChI is InChI=1S/C22H23F3N2O5/c1-30-18-7-2-3-8-19(18)32-14-17-13-27(9-10-31-17)20(28)12-26-21(29)15-5-4-6-16(11-15)22(23,24)25/h2-8,11,17H,9-10,12-14H2,1H3,(H,26,29). The Morgan fingerprint density at radius 1 is 1.16 bits per heavy atom. The van der Waals surface area contributed by atoms with Crippen molar-refractivity contribution in [2.45, 2.75) is 12.3 Å². The minimum absolute atomic E-state index is 0.169. The number of carbonyl (C=O) groups excluding carboxylic acids is 2. The van der Waals surface area contributed by atoms with Gasteiger partial charge in [0.15, 0.2) is 11.5 Å². The molecule has 10 heteroatoms. The maximum absolute atomic E-state index is 12.8. The van der Waals surface area contributed by atoms with Crippen LogP contribution in [-0.4, -0.2) is 62.8 Å². The van der Waals surface area contributed by atoms with Gasteiger partial charge in [-0.3, -0.25) is 9.59 Å². The van der Waals surface area contributed by atoms with Crippen molar-refractivity contribution >= 4 is 11.8 Å². The Morgan fingerprint density at radius 2 is 1.91 bits per heavy atom. The third-order valence-electron chi connectivity index (χ3n) is 4.84. The van der Waals surface area contributed by atoms with E-state index in [-0.39, 0.29) is 37.3 Å². The summed E-state index contributed by atoms with van der Waals surface area (Å²) in [6, 6.07) is 11.2. The van der Waals surface area contributed by atoms with E-state index in [0.29, 0.717) is 24.7 Å². The topological polar surface area (TPSA) is 77.1 Å². The van der Waals surface area contributed by atoms with E-state index in [1.807, 2.05) is 12.1 Å². The number of nitrogens with one attached hydrogen (secondary N) is 1. The van der Waals surface area contributed by atoms with Gasteiger partial charge in [0.1, 0.15) is 12.7 Å². The minimum Gasteiger partial charge on any atom is -0.493 e. The lowest BCUT2D eigenvalue weighted by molar-refractivity contribution is -0.139. The van der Waals surface area contributed by atoms with E-state index in [4.69, 9.17) is 14.2 Å². The molecule has 1 heterocycles. The van der Waals surface area contributed by atoms with Crippen molar-refractivity contribution < 1.29 is 37.0 Å². The molecule has 1 saturated heterocycles. The molecule has 7 nitrogen and oxygen atoms in total. The van der Waals surface area contributed by atoms with Crippen LogP contribution < -0.4 is 14.8 Å². The number of alkyl halides is 3. The molecule has 1 N–H and O–H groups in total. The van der Waals surface area contributed by atoms with Gasteiger partial charge in [-0.1, -0.05) is 18.2 Å². The Bertz CT molecular complexity index is 951. The molecular weight excluding hydrogens is 429 g/mol. The number of para-hydroxylation sites is 2. The van der Waals surface area contributed by atoms with Gasteiger partial charge in [0, 0.05) is 12.1 Å².